The van der Waals surface area contributed by atoms with Crippen molar-refractivity contribution in [1.82, 2.24) is 36.1 Å². The molecule has 0 unspecified atom stereocenters. The third-order valence-electron chi connectivity index (χ3n) is 11.1. The fourth-order valence-electron chi connectivity index (χ4n) is 7.81. The van der Waals surface area contributed by atoms with Gasteiger partial charge in [-0.1, -0.05) is 51.1 Å². The van der Waals surface area contributed by atoms with Crippen molar-refractivity contribution < 1.29 is 67.3 Å². The number of primary amides is 1. The molecule has 388 valence electrons. The van der Waals surface area contributed by atoms with Gasteiger partial charge in [-0.05, 0) is 73.9 Å². The predicted octanol–water partition coefficient (Wildman–Crippen LogP) is 1.20. The molecule has 23 heteroatoms. The van der Waals surface area contributed by atoms with E-state index in [1.165, 1.54) is 11.8 Å². The van der Waals surface area contributed by atoms with Gasteiger partial charge in [0.1, 0.15) is 42.4 Å². The van der Waals surface area contributed by atoms with Gasteiger partial charge in [0.25, 0.3) is 0 Å². The molecular weight excluding hydrogens is 933 g/mol. The van der Waals surface area contributed by atoms with Gasteiger partial charge in [-0.15, -0.1) is 0 Å². The molecule has 0 saturated heterocycles. The molecule has 3 rings (SSSR count). The van der Waals surface area contributed by atoms with Crippen LogP contribution in [0.2, 0.25) is 0 Å². The van der Waals surface area contributed by atoms with Crippen molar-refractivity contribution in [2.45, 2.75) is 116 Å². The molecule has 0 aliphatic carbocycles. The highest BCUT2D eigenvalue weighted by Crippen LogP contribution is 2.41. The van der Waals surface area contributed by atoms with E-state index in [9.17, 15) is 57.8 Å². The molecule has 21 nitrogen and oxygen atoms in total. The molecule has 0 saturated carbocycles. The minimum Gasteiger partial charge on any atom is -0.481 e. The first-order valence-corrected chi connectivity index (χ1v) is 22.9. The van der Waals surface area contributed by atoms with Crippen LogP contribution >= 0.6 is 0 Å². The van der Waals surface area contributed by atoms with Crippen LogP contribution in [0.4, 0.5) is 8.78 Å². The van der Waals surface area contributed by atoms with Crippen LogP contribution in [0.25, 0.3) is 11.1 Å². The number of aromatic nitrogens is 1. The number of halogens is 2. The van der Waals surface area contributed by atoms with Crippen molar-refractivity contribution in [3.8, 4) is 11.1 Å². The van der Waals surface area contributed by atoms with E-state index in [0.29, 0.717) is 25.1 Å². The Labute approximate surface area is 409 Å². The number of unbranched alkanes of at least 4 members (excludes halogenated alkanes) is 1. The average Bonchev–Trinajstić information content (AvgIpc) is 3.69. The summed E-state index contributed by atoms with van der Waals surface area (Å²) in [6.07, 6.45) is -0.128. The first kappa shape index (κ1) is 58.0. The van der Waals surface area contributed by atoms with Gasteiger partial charge < -0.3 is 62.8 Å². The molecule has 0 radical (unpaired) electrons. The summed E-state index contributed by atoms with van der Waals surface area (Å²) in [6, 6.07) is 6.59. The van der Waals surface area contributed by atoms with Crippen LogP contribution < -0.4 is 38.1 Å². The number of aliphatic hydroxyl groups is 1. The summed E-state index contributed by atoms with van der Waals surface area (Å²) in [5, 5.41) is 40.9. The first-order valence-electron chi connectivity index (χ1n) is 22.9. The summed E-state index contributed by atoms with van der Waals surface area (Å²) < 4.78 is 31.7. The Kier molecular flexibility index (Phi) is 22.7. The largest absolute Gasteiger partial charge is 0.481 e. The normalized spacial score (nSPS) is 13.4. The highest BCUT2D eigenvalue weighted by atomic mass is 19.1. The van der Waals surface area contributed by atoms with Gasteiger partial charge in [0.2, 0.25) is 41.4 Å². The van der Waals surface area contributed by atoms with Crippen molar-refractivity contribution in [3.05, 3.63) is 83.7 Å². The third kappa shape index (κ3) is 18.9. The topological polar surface area (TPSA) is 335 Å². The molecule has 3 aromatic rings. The minimum atomic E-state index is -1.72. The lowest BCUT2D eigenvalue weighted by Crippen LogP contribution is -2.58. The molecule has 0 aliphatic heterocycles. The maximum Gasteiger partial charge on any atom is 0.326 e. The van der Waals surface area contributed by atoms with E-state index in [1.807, 2.05) is 18.2 Å². The highest BCUT2D eigenvalue weighted by Gasteiger charge is 2.39. The number of benzene rings is 2. The summed E-state index contributed by atoms with van der Waals surface area (Å²) in [5.41, 5.74) is 11.5. The predicted molar refractivity (Wildman–Crippen MR) is 253 cm³/mol. The van der Waals surface area contributed by atoms with Crippen molar-refractivity contribution in [2.75, 3.05) is 26.2 Å². The Morgan fingerprint density at radius 1 is 0.775 bits per heavy atom. The number of aliphatic hydroxyl groups excluding tert-OH is 1. The lowest BCUT2D eigenvalue weighted by molar-refractivity contribution is -0.143. The van der Waals surface area contributed by atoms with Crippen molar-refractivity contribution >= 4 is 53.3 Å². The lowest BCUT2D eigenvalue weighted by atomic mass is 9.82. The molecular formula is C48H65F2N9O12. The SMILES string of the molecule is CC(=O)N[C@@H](CCCCN)C(=O)N[C@@H](CC(N)=O)C(=O)N[C@@H](CCN(C(=O)CO)[C@@H](c1cc(-c2cc(F)ccc2F)cn1Cc1ccccc1)C(C)(C)C)C(=O)NCCC(=O)N[C@H](CCC(=O)O)C(=O)O. The molecule has 1 heterocycles. The number of rotatable bonds is 29. The Bertz CT molecular complexity index is 2360. The quantitative estimate of drug-likeness (QED) is 0.0438. The Hall–Kier alpha value is -7.27. The van der Waals surface area contributed by atoms with Crippen LogP contribution in [0.15, 0.2) is 60.8 Å². The molecule has 1 aromatic heterocycles. The fraction of sp³-hybridized carbons (Fsp3) is 0.479. The van der Waals surface area contributed by atoms with Gasteiger partial charge in [0.05, 0.1) is 12.5 Å². The molecule has 12 N–H and O–H groups in total. The second-order valence-electron chi connectivity index (χ2n) is 18.0. The highest BCUT2D eigenvalue weighted by molar-refractivity contribution is 5.96. The lowest BCUT2D eigenvalue weighted by Gasteiger charge is -2.41. The summed E-state index contributed by atoms with van der Waals surface area (Å²) >= 11 is 0. The number of nitrogens with zero attached hydrogens (tertiary/aromatic N) is 2. The number of carboxylic acid groups (broad SMARTS) is 2. The molecule has 71 heavy (non-hydrogen) atoms. The number of hydrogen-bond acceptors (Lipinski definition) is 11. The van der Waals surface area contributed by atoms with Crippen LogP contribution in [0.5, 0.6) is 0 Å². The van der Waals surface area contributed by atoms with Gasteiger partial charge >= 0.3 is 11.9 Å². The van der Waals surface area contributed by atoms with E-state index >= 15 is 4.39 Å². The summed E-state index contributed by atoms with van der Waals surface area (Å²) in [7, 11) is 0. The zero-order valence-electron chi connectivity index (χ0n) is 40.2. The van der Waals surface area contributed by atoms with E-state index in [4.69, 9.17) is 16.6 Å². The monoisotopic (exact) mass is 997 g/mol. The molecule has 0 spiro atoms. The summed E-state index contributed by atoms with van der Waals surface area (Å²) in [4.78, 5) is 117. The van der Waals surface area contributed by atoms with Crippen molar-refractivity contribution in [1.29, 1.82) is 0 Å². The maximum absolute atomic E-state index is 15.3. The molecule has 0 aliphatic rings. The van der Waals surface area contributed by atoms with Gasteiger partial charge in [-0.2, -0.15) is 0 Å². The zero-order chi connectivity index (χ0) is 53.0. The number of carbonyl (C=O) groups excluding carboxylic acids is 7. The number of aliphatic carboxylic acids is 2. The smallest absolute Gasteiger partial charge is 0.326 e. The zero-order valence-corrected chi connectivity index (χ0v) is 40.2. The first-order chi connectivity index (χ1) is 33.4. The van der Waals surface area contributed by atoms with E-state index in [0.717, 1.165) is 23.8 Å². The number of nitrogens with two attached hydrogens (primary N) is 2. The molecule has 5 atom stereocenters. The number of nitrogens with one attached hydrogen (secondary N) is 5. The van der Waals surface area contributed by atoms with Crippen LogP contribution in [0.3, 0.4) is 0 Å². The Morgan fingerprint density at radius 2 is 1.42 bits per heavy atom. The van der Waals surface area contributed by atoms with Gasteiger partial charge in [0, 0.05) is 62.4 Å². The average molecular weight is 998 g/mol. The van der Waals surface area contributed by atoms with Crippen LogP contribution in [0.1, 0.15) is 96.4 Å². The van der Waals surface area contributed by atoms with E-state index in [2.05, 4.69) is 26.6 Å². The maximum atomic E-state index is 15.3. The molecule has 7 amide bonds. The van der Waals surface area contributed by atoms with E-state index in [1.54, 1.807) is 49.7 Å². The van der Waals surface area contributed by atoms with Crippen molar-refractivity contribution in [3.63, 3.8) is 0 Å². The van der Waals surface area contributed by atoms with Crippen molar-refractivity contribution in [2.24, 2.45) is 16.9 Å². The number of amides is 7. The van der Waals surface area contributed by atoms with Crippen LogP contribution in [0, 0.1) is 17.0 Å². The molecule has 0 bridgehead atoms. The van der Waals surface area contributed by atoms with E-state index < -0.39 is 152 Å². The standard InChI is InChI=1S/C48H65F2N9O12/c1-28(61)54-34(12-8-9-19-51)45(68)57-37(24-39(52)62)46(69)56-35(44(67)53-20-17-40(63)55-36(47(70)71)15-16-42(65)66)18-21-59(41(64)27-60)43(48(2,3)4)38-22-30(32-23-31(49)13-14-33(32)50)26-58(38)25-29-10-6-5-7-11-29/h5-7,10-11,13-14,22-23,26,34-37,43,60H,8-9,12,15-21,24-25,27,51H2,1-4H3,(H2,52,62)(H,53,67)(H,54,61)(H,55,63)(H,56,69)(H,57,68)(H,65,66)(H,70,71)/t34-,35-,36+,37-,43-/m0/s1. The van der Waals surface area contributed by atoms with E-state index in [-0.39, 0.29) is 24.1 Å². The number of carbonyl (C=O) groups is 9. The fourth-order valence-corrected chi connectivity index (χ4v) is 7.81. The van der Waals surface area contributed by atoms with Gasteiger partial charge in [-0.25, -0.2) is 13.6 Å². The Balaban J connectivity index is 2.09. The number of carboxylic acids is 2. The third-order valence-corrected chi connectivity index (χ3v) is 11.1. The number of hydrogen-bond donors (Lipinski definition) is 10. The summed E-state index contributed by atoms with van der Waals surface area (Å²) in [5.74, 6) is -10.5. The molecule has 2 aromatic carbocycles. The Morgan fingerprint density at radius 3 is 2.01 bits per heavy atom. The van der Waals surface area contributed by atoms with Crippen LogP contribution in [-0.4, -0.2) is 128 Å². The second-order valence-corrected chi connectivity index (χ2v) is 18.0. The van der Waals surface area contributed by atoms with Crippen LogP contribution in [-0.2, 0) is 49.7 Å². The van der Waals surface area contributed by atoms with Gasteiger partial charge in [0.15, 0.2) is 0 Å². The second kappa shape index (κ2) is 27.8. The molecule has 0 fully saturated rings. The minimum absolute atomic E-state index is 0.0748. The summed E-state index contributed by atoms with van der Waals surface area (Å²) in [6.45, 7) is 5.11. The van der Waals surface area contributed by atoms with Gasteiger partial charge in [-0.3, -0.25) is 38.4 Å².